The lowest BCUT2D eigenvalue weighted by Gasteiger charge is -2.11. The van der Waals surface area contributed by atoms with Gasteiger partial charge in [0.2, 0.25) is 0 Å². The molecule has 0 bridgehead atoms. The van der Waals surface area contributed by atoms with Crippen molar-refractivity contribution in [1.29, 1.82) is 0 Å². The molecule has 0 radical (unpaired) electrons. The predicted molar refractivity (Wildman–Crippen MR) is 97.4 cm³/mol. The first kappa shape index (κ1) is 18.1. The Morgan fingerprint density at radius 3 is 2.85 bits per heavy atom. The number of hydrogen-bond acceptors (Lipinski definition) is 5. The third-order valence-electron chi connectivity index (χ3n) is 3.65. The number of H-pyrrole nitrogens is 1. The van der Waals surface area contributed by atoms with E-state index >= 15 is 0 Å². The minimum Gasteiger partial charge on any atom is -0.496 e. The van der Waals surface area contributed by atoms with Crippen LogP contribution >= 0.6 is 0 Å². The van der Waals surface area contributed by atoms with Gasteiger partial charge >= 0.3 is 0 Å². The van der Waals surface area contributed by atoms with Crippen LogP contribution in [0.15, 0.2) is 59.8 Å². The summed E-state index contributed by atoms with van der Waals surface area (Å²) in [6.07, 6.45) is 2.96. The number of halogens is 1. The van der Waals surface area contributed by atoms with Gasteiger partial charge in [-0.2, -0.15) is 10.2 Å². The topological polar surface area (TPSA) is 88.6 Å². The predicted octanol–water partition coefficient (Wildman–Crippen LogP) is 2.90. The molecular weight excluding hydrogens is 351 g/mol. The third kappa shape index (κ3) is 4.69. The monoisotopic (exact) mass is 368 g/mol. The number of ether oxygens (including phenoxy) is 2. The minimum absolute atomic E-state index is 0.117. The molecule has 1 amide bonds. The molecule has 3 rings (SSSR count). The molecular formula is C19H17FN4O3. The summed E-state index contributed by atoms with van der Waals surface area (Å²) >= 11 is 0. The van der Waals surface area contributed by atoms with Crippen LogP contribution in [0, 0.1) is 5.82 Å². The second-order valence-corrected chi connectivity index (χ2v) is 5.46. The molecule has 0 aliphatic heterocycles. The number of nitrogens with zero attached hydrogens (tertiary/aromatic N) is 2. The van der Waals surface area contributed by atoms with Gasteiger partial charge in [-0.05, 0) is 42.0 Å². The highest BCUT2D eigenvalue weighted by Gasteiger charge is 2.08. The number of nitrogens with one attached hydrogen (secondary N) is 2. The third-order valence-corrected chi connectivity index (χ3v) is 3.65. The van der Waals surface area contributed by atoms with E-state index in [1.807, 2.05) is 0 Å². The van der Waals surface area contributed by atoms with E-state index < -0.39 is 11.7 Å². The van der Waals surface area contributed by atoms with Gasteiger partial charge in [-0.15, -0.1) is 0 Å². The number of aromatic amines is 1. The maximum atomic E-state index is 13.7. The molecule has 7 nitrogen and oxygen atoms in total. The van der Waals surface area contributed by atoms with E-state index in [0.29, 0.717) is 22.6 Å². The van der Waals surface area contributed by atoms with Crippen LogP contribution in [0.2, 0.25) is 0 Å². The summed E-state index contributed by atoms with van der Waals surface area (Å²) in [7, 11) is 1.54. The van der Waals surface area contributed by atoms with Crippen molar-refractivity contribution >= 4 is 12.1 Å². The van der Waals surface area contributed by atoms with Crippen molar-refractivity contribution in [1.82, 2.24) is 15.6 Å². The molecule has 8 heteroatoms. The lowest BCUT2D eigenvalue weighted by Crippen LogP contribution is -2.18. The van der Waals surface area contributed by atoms with Crippen molar-refractivity contribution < 1.29 is 18.7 Å². The lowest BCUT2D eigenvalue weighted by atomic mass is 10.1. The van der Waals surface area contributed by atoms with Gasteiger partial charge in [-0.1, -0.05) is 12.1 Å². The fourth-order valence-electron chi connectivity index (χ4n) is 2.32. The molecule has 2 N–H and O–H groups in total. The lowest BCUT2D eigenvalue weighted by molar-refractivity contribution is 0.0950. The molecule has 1 aromatic heterocycles. The molecule has 0 atom stereocenters. The summed E-state index contributed by atoms with van der Waals surface area (Å²) in [5.41, 5.74) is 4.13. The second kappa shape index (κ2) is 8.61. The molecule has 3 aromatic rings. The zero-order chi connectivity index (χ0) is 19.1. The van der Waals surface area contributed by atoms with E-state index in [-0.39, 0.29) is 12.4 Å². The van der Waals surface area contributed by atoms with Gasteiger partial charge in [0, 0.05) is 11.8 Å². The molecule has 0 fully saturated rings. The number of amides is 1. The average Bonchev–Trinajstić information content (AvgIpc) is 3.22. The summed E-state index contributed by atoms with van der Waals surface area (Å²) in [5.74, 6) is -0.0773. The smallest absolute Gasteiger partial charge is 0.289 e. The van der Waals surface area contributed by atoms with Crippen LogP contribution in [0.5, 0.6) is 11.5 Å². The van der Waals surface area contributed by atoms with Gasteiger partial charge in [0.25, 0.3) is 5.91 Å². The number of aromatic nitrogens is 2. The number of rotatable bonds is 7. The first-order valence-corrected chi connectivity index (χ1v) is 8.04. The Morgan fingerprint density at radius 2 is 2.11 bits per heavy atom. The first-order valence-electron chi connectivity index (χ1n) is 8.04. The molecule has 0 aliphatic carbocycles. The van der Waals surface area contributed by atoms with Crippen LogP contribution in [-0.4, -0.2) is 29.4 Å². The standard InChI is InChI=1S/C19H17FN4O3/c1-26-17-7-6-13(11-22-24-19(25)16-8-9-21-23-16)10-14(17)12-27-18-5-3-2-4-15(18)20/h2-11H,12H2,1H3,(H,21,23)(H,24,25)/b22-11-. The average molecular weight is 368 g/mol. The van der Waals surface area contributed by atoms with Crippen LogP contribution in [0.4, 0.5) is 4.39 Å². The zero-order valence-electron chi connectivity index (χ0n) is 14.5. The Morgan fingerprint density at radius 1 is 1.26 bits per heavy atom. The highest BCUT2D eigenvalue weighted by atomic mass is 19.1. The number of para-hydroxylation sites is 1. The number of carbonyl (C=O) groups is 1. The van der Waals surface area contributed by atoms with Crippen molar-refractivity contribution in [2.45, 2.75) is 6.61 Å². The number of carbonyl (C=O) groups excluding carboxylic acids is 1. The largest absolute Gasteiger partial charge is 0.496 e. The fourth-order valence-corrected chi connectivity index (χ4v) is 2.32. The van der Waals surface area contributed by atoms with Gasteiger partial charge in [-0.25, -0.2) is 9.82 Å². The van der Waals surface area contributed by atoms with Gasteiger partial charge in [0.1, 0.15) is 18.1 Å². The highest BCUT2D eigenvalue weighted by Crippen LogP contribution is 2.23. The van der Waals surface area contributed by atoms with E-state index in [9.17, 15) is 9.18 Å². The van der Waals surface area contributed by atoms with E-state index in [1.54, 1.807) is 43.5 Å². The van der Waals surface area contributed by atoms with E-state index in [4.69, 9.17) is 9.47 Å². The van der Waals surface area contributed by atoms with Crippen LogP contribution in [0.25, 0.3) is 0 Å². The van der Waals surface area contributed by atoms with Crippen LogP contribution < -0.4 is 14.9 Å². The van der Waals surface area contributed by atoms with Gasteiger partial charge in [0.15, 0.2) is 11.6 Å². The summed E-state index contributed by atoms with van der Waals surface area (Å²) in [6, 6.07) is 13.0. The van der Waals surface area contributed by atoms with Crippen molar-refractivity contribution in [3.05, 3.63) is 77.4 Å². The summed E-state index contributed by atoms with van der Waals surface area (Å²) < 4.78 is 24.5. The van der Waals surface area contributed by atoms with Crippen LogP contribution in [0.3, 0.4) is 0 Å². The van der Waals surface area contributed by atoms with Crippen LogP contribution in [0.1, 0.15) is 21.6 Å². The quantitative estimate of drug-likeness (QED) is 0.496. The van der Waals surface area contributed by atoms with Crippen molar-refractivity contribution in [2.75, 3.05) is 7.11 Å². The SMILES string of the molecule is COc1ccc(/C=N\NC(=O)c2ccn[nH]2)cc1COc1ccccc1F. The molecule has 2 aromatic carbocycles. The molecule has 138 valence electrons. The van der Waals surface area contributed by atoms with Crippen molar-refractivity contribution in [2.24, 2.45) is 5.10 Å². The molecule has 1 heterocycles. The van der Waals surface area contributed by atoms with Gasteiger partial charge in [-0.3, -0.25) is 9.89 Å². The highest BCUT2D eigenvalue weighted by molar-refractivity contribution is 5.93. The number of hydrogen-bond donors (Lipinski definition) is 2. The Labute approximate surface area is 154 Å². The Bertz CT molecular complexity index is 942. The molecule has 0 aliphatic rings. The van der Waals surface area contributed by atoms with E-state index in [2.05, 4.69) is 20.7 Å². The normalized spacial score (nSPS) is 10.7. The van der Waals surface area contributed by atoms with Crippen LogP contribution in [-0.2, 0) is 6.61 Å². The Balaban J connectivity index is 1.68. The summed E-state index contributed by atoms with van der Waals surface area (Å²) in [6.45, 7) is 0.117. The Kier molecular flexibility index (Phi) is 5.78. The molecule has 0 saturated carbocycles. The number of methoxy groups -OCH3 is 1. The zero-order valence-corrected chi connectivity index (χ0v) is 14.5. The molecule has 0 spiro atoms. The second-order valence-electron chi connectivity index (χ2n) is 5.46. The molecule has 0 unspecified atom stereocenters. The Hall–Kier alpha value is -3.68. The van der Waals surface area contributed by atoms with E-state index in [0.717, 1.165) is 0 Å². The molecule has 27 heavy (non-hydrogen) atoms. The minimum atomic E-state index is -0.435. The summed E-state index contributed by atoms with van der Waals surface area (Å²) in [4.78, 5) is 11.8. The summed E-state index contributed by atoms with van der Waals surface area (Å²) in [5, 5.41) is 10.2. The van der Waals surface area contributed by atoms with Gasteiger partial charge < -0.3 is 9.47 Å². The van der Waals surface area contributed by atoms with Crippen molar-refractivity contribution in [3.8, 4) is 11.5 Å². The number of hydrazone groups is 1. The first-order chi connectivity index (χ1) is 13.2. The van der Waals surface area contributed by atoms with Gasteiger partial charge in [0.05, 0.1) is 13.3 Å². The van der Waals surface area contributed by atoms with Crippen molar-refractivity contribution in [3.63, 3.8) is 0 Å². The molecule has 0 saturated heterocycles. The maximum absolute atomic E-state index is 13.7. The maximum Gasteiger partial charge on any atom is 0.289 e. The fraction of sp³-hybridized carbons (Fsp3) is 0.105. The van der Waals surface area contributed by atoms with E-state index in [1.165, 1.54) is 24.5 Å². The number of benzene rings is 2.